The van der Waals surface area contributed by atoms with Gasteiger partial charge in [-0.05, 0) is 12.1 Å². The quantitative estimate of drug-likeness (QED) is 0.781. The number of esters is 2. The van der Waals surface area contributed by atoms with Crippen LogP contribution in [0, 0.1) is 0 Å². The van der Waals surface area contributed by atoms with Crippen molar-refractivity contribution in [3.05, 3.63) is 69.7 Å². The molecule has 0 N–H and O–H groups in total. The Hall–Kier alpha value is -2.04. The lowest BCUT2D eigenvalue weighted by Gasteiger charge is -2.28. The second-order valence-corrected chi connectivity index (χ2v) is 5.49. The molecule has 0 spiro atoms. The largest absolute Gasteiger partial charge is 0.442 e. The van der Waals surface area contributed by atoms with Crippen LogP contribution < -0.4 is 0 Å². The van der Waals surface area contributed by atoms with E-state index in [-0.39, 0.29) is 0 Å². The maximum Gasteiger partial charge on any atom is 0.353 e. The molecule has 2 unspecified atom stereocenters. The lowest BCUT2D eigenvalue weighted by atomic mass is 10.1. The summed E-state index contributed by atoms with van der Waals surface area (Å²) in [4.78, 5) is 24.4. The van der Waals surface area contributed by atoms with Crippen LogP contribution in [0.25, 0.3) is 0 Å². The van der Waals surface area contributed by atoms with Crippen LogP contribution in [-0.2, 0) is 19.1 Å². The van der Waals surface area contributed by atoms with Crippen molar-refractivity contribution >= 4 is 35.1 Å². The fraction of sp³-hybridized carbons (Fsp3) is 0.125. The van der Waals surface area contributed by atoms with Crippen LogP contribution in [0.3, 0.4) is 0 Å². The number of benzene rings is 2. The highest BCUT2D eigenvalue weighted by Gasteiger charge is 2.41. The number of carbonyl (C=O) groups excluding carboxylic acids is 2. The van der Waals surface area contributed by atoms with E-state index in [9.17, 15) is 9.59 Å². The number of cyclic esters (lactones) is 2. The van der Waals surface area contributed by atoms with Crippen molar-refractivity contribution in [3.8, 4) is 0 Å². The van der Waals surface area contributed by atoms with Crippen molar-refractivity contribution in [1.29, 1.82) is 0 Å². The summed E-state index contributed by atoms with van der Waals surface area (Å²) < 4.78 is 10.5. The Kier molecular flexibility index (Phi) is 4.05. The second kappa shape index (κ2) is 5.99. The molecule has 0 bridgehead atoms. The van der Waals surface area contributed by atoms with E-state index >= 15 is 0 Å². The Morgan fingerprint density at radius 3 is 1.41 bits per heavy atom. The first-order valence-corrected chi connectivity index (χ1v) is 7.23. The summed E-state index contributed by atoms with van der Waals surface area (Å²) in [6, 6.07) is 13.3. The summed E-state index contributed by atoms with van der Waals surface area (Å²) in [6.07, 6.45) is -2.33. The molecule has 3 rings (SSSR count). The van der Waals surface area contributed by atoms with Crippen LogP contribution in [0.4, 0.5) is 0 Å². The Morgan fingerprint density at radius 1 is 0.682 bits per heavy atom. The van der Waals surface area contributed by atoms with Gasteiger partial charge in [-0.1, -0.05) is 59.6 Å². The molecule has 1 aliphatic heterocycles. The van der Waals surface area contributed by atoms with E-state index in [0.717, 1.165) is 0 Å². The summed E-state index contributed by atoms with van der Waals surface area (Å²) in [5.74, 6) is -1.37. The number of hydrogen-bond donors (Lipinski definition) is 0. The number of rotatable bonds is 2. The van der Waals surface area contributed by atoms with E-state index < -0.39 is 24.1 Å². The fourth-order valence-corrected chi connectivity index (χ4v) is 2.68. The minimum Gasteiger partial charge on any atom is -0.442 e. The molecule has 112 valence electrons. The minimum atomic E-state index is -1.17. The summed E-state index contributed by atoms with van der Waals surface area (Å²) >= 11 is 12.1. The van der Waals surface area contributed by atoms with E-state index in [2.05, 4.69) is 0 Å². The molecule has 1 saturated heterocycles. The van der Waals surface area contributed by atoms with Crippen molar-refractivity contribution < 1.29 is 19.1 Å². The van der Waals surface area contributed by atoms with E-state index in [1.165, 1.54) is 0 Å². The van der Waals surface area contributed by atoms with E-state index in [1.54, 1.807) is 48.5 Å². The smallest absolute Gasteiger partial charge is 0.353 e. The van der Waals surface area contributed by atoms with Gasteiger partial charge in [0.2, 0.25) is 12.2 Å². The highest BCUT2D eigenvalue weighted by atomic mass is 35.5. The molecule has 2 aromatic carbocycles. The van der Waals surface area contributed by atoms with Gasteiger partial charge in [0.15, 0.2) is 0 Å². The Morgan fingerprint density at radius 2 is 1.05 bits per heavy atom. The molecular formula is C16H10Cl2O4. The van der Waals surface area contributed by atoms with Crippen LogP contribution in [-0.4, -0.2) is 11.9 Å². The molecule has 2 aromatic rings. The Labute approximate surface area is 136 Å². The first kappa shape index (κ1) is 14.9. The van der Waals surface area contributed by atoms with Crippen molar-refractivity contribution in [2.24, 2.45) is 0 Å². The maximum atomic E-state index is 12.2. The zero-order valence-corrected chi connectivity index (χ0v) is 12.7. The van der Waals surface area contributed by atoms with Crippen molar-refractivity contribution in [2.75, 3.05) is 0 Å². The second-order valence-electron chi connectivity index (χ2n) is 4.68. The number of carbonyl (C=O) groups is 2. The zero-order valence-electron chi connectivity index (χ0n) is 11.2. The number of hydrogen-bond acceptors (Lipinski definition) is 4. The van der Waals surface area contributed by atoms with Gasteiger partial charge >= 0.3 is 11.9 Å². The summed E-state index contributed by atoms with van der Waals surface area (Å²) in [7, 11) is 0. The van der Waals surface area contributed by atoms with Crippen molar-refractivity contribution in [3.63, 3.8) is 0 Å². The van der Waals surface area contributed by atoms with E-state index in [1.807, 2.05) is 0 Å². The molecule has 0 aromatic heterocycles. The molecule has 2 atom stereocenters. The fourth-order valence-electron chi connectivity index (χ4n) is 2.21. The highest BCUT2D eigenvalue weighted by Crippen LogP contribution is 2.36. The molecule has 0 radical (unpaired) electrons. The molecule has 1 fully saturated rings. The van der Waals surface area contributed by atoms with E-state index in [4.69, 9.17) is 32.7 Å². The minimum absolute atomic E-state index is 0.327. The third kappa shape index (κ3) is 2.67. The molecule has 22 heavy (non-hydrogen) atoms. The first-order chi connectivity index (χ1) is 10.6. The van der Waals surface area contributed by atoms with Gasteiger partial charge in [-0.2, -0.15) is 0 Å². The Balaban J connectivity index is 1.90. The predicted molar refractivity (Wildman–Crippen MR) is 80.6 cm³/mol. The van der Waals surface area contributed by atoms with Gasteiger partial charge in [-0.3, -0.25) is 0 Å². The van der Waals surface area contributed by atoms with Crippen LogP contribution in [0.15, 0.2) is 48.5 Å². The summed E-state index contributed by atoms with van der Waals surface area (Å²) in [5.41, 5.74) is 0.778. The average molecular weight is 337 g/mol. The van der Waals surface area contributed by atoms with Crippen molar-refractivity contribution in [2.45, 2.75) is 12.2 Å². The third-order valence-corrected chi connectivity index (χ3v) is 3.96. The molecule has 1 heterocycles. The molecule has 1 aliphatic rings. The molecule has 4 nitrogen and oxygen atoms in total. The Bertz CT molecular complexity index is 681. The zero-order chi connectivity index (χ0) is 15.7. The molecule has 6 heteroatoms. The lowest BCUT2D eigenvalue weighted by Crippen LogP contribution is -2.34. The summed E-state index contributed by atoms with van der Waals surface area (Å²) in [5, 5.41) is 0.655. The highest BCUT2D eigenvalue weighted by molar-refractivity contribution is 6.32. The van der Waals surface area contributed by atoms with Crippen molar-refractivity contribution in [1.82, 2.24) is 0 Å². The van der Waals surface area contributed by atoms with Gasteiger partial charge in [0.1, 0.15) is 0 Å². The van der Waals surface area contributed by atoms with Crippen LogP contribution in [0.1, 0.15) is 23.3 Å². The van der Waals surface area contributed by atoms with Crippen LogP contribution in [0.2, 0.25) is 10.0 Å². The topological polar surface area (TPSA) is 52.6 Å². The van der Waals surface area contributed by atoms with E-state index in [0.29, 0.717) is 21.2 Å². The number of ether oxygens (including phenoxy) is 2. The molecule has 0 amide bonds. The van der Waals surface area contributed by atoms with Crippen LogP contribution in [0.5, 0.6) is 0 Å². The van der Waals surface area contributed by atoms with Gasteiger partial charge < -0.3 is 9.47 Å². The van der Waals surface area contributed by atoms with Gasteiger partial charge in [-0.25, -0.2) is 9.59 Å². The van der Waals surface area contributed by atoms with Gasteiger partial charge in [0.25, 0.3) is 0 Å². The molecule has 0 saturated carbocycles. The normalized spacial score (nSPS) is 21.2. The standard InChI is InChI=1S/C16H10Cl2O4/c17-11-7-3-1-5-9(11)13-15(19)22-14(16(20)21-13)10-6-2-4-8-12(10)18/h1-8,13-14H. The summed E-state index contributed by atoms with van der Waals surface area (Å²) in [6.45, 7) is 0. The third-order valence-electron chi connectivity index (χ3n) is 3.27. The average Bonchev–Trinajstić information content (AvgIpc) is 2.51. The SMILES string of the molecule is O=C1OC(c2ccccc2Cl)C(=O)OC1c1ccccc1Cl. The number of halogens is 2. The first-order valence-electron chi connectivity index (χ1n) is 6.48. The maximum absolute atomic E-state index is 12.2. The van der Waals surface area contributed by atoms with Gasteiger partial charge in [0.05, 0.1) is 0 Å². The predicted octanol–water partition coefficient (Wildman–Crippen LogP) is 3.88. The monoisotopic (exact) mass is 336 g/mol. The van der Waals surface area contributed by atoms with Crippen LogP contribution >= 0.6 is 23.2 Å². The van der Waals surface area contributed by atoms with Gasteiger partial charge in [-0.15, -0.1) is 0 Å². The van der Waals surface area contributed by atoms with Gasteiger partial charge in [0, 0.05) is 21.2 Å². The molecular weight excluding hydrogens is 327 g/mol. The molecule has 0 aliphatic carbocycles. The lowest BCUT2D eigenvalue weighted by molar-refractivity contribution is -0.196.